The van der Waals surface area contributed by atoms with E-state index >= 15 is 0 Å². The van der Waals surface area contributed by atoms with E-state index in [1.807, 2.05) is 6.07 Å². The highest BCUT2D eigenvalue weighted by atomic mass is 79.9. The van der Waals surface area contributed by atoms with Gasteiger partial charge in [0.15, 0.2) is 0 Å². The summed E-state index contributed by atoms with van der Waals surface area (Å²) in [4.78, 5) is 0. The molecule has 0 aliphatic heterocycles. The van der Waals surface area contributed by atoms with E-state index in [4.69, 9.17) is 9.47 Å². The van der Waals surface area contributed by atoms with Crippen LogP contribution < -0.4 is 9.47 Å². The highest BCUT2D eigenvalue weighted by Gasteiger charge is 2.05. The van der Waals surface area contributed by atoms with Gasteiger partial charge in [-0.25, -0.2) is 0 Å². The predicted molar refractivity (Wildman–Crippen MR) is 147 cm³/mol. The molecule has 0 fully saturated rings. The van der Waals surface area contributed by atoms with Crippen molar-refractivity contribution in [3.8, 4) is 11.5 Å². The smallest absolute Gasteiger partial charge is 0.126 e. The molecule has 0 aliphatic rings. The fourth-order valence-corrected chi connectivity index (χ4v) is 4.04. The molecule has 182 valence electrons. The summed E-state index contributed by atoms with van der Waals surface area (Å²) >= 11 is 3.50. The molecule has 2 aromatic carbocycles. The Morgan fingerprint density at radius 3 is 1.85 bits per heavy atom. The van der Waals surface area contributed by atoms with Crippen molar-refractivity contribution in [3.05, 3.63) is 58.1 Å². The minimum Gasteiger partial charge on any atom is -0.494 e. The lowest BCUT2D eigenvalue weighted by Gasteiger charge is -2.12. The number of hydrogen-bond donors (Lipinski definition) is 0. The quantitative estimate of drug-likeness (QED) is 0.145. The third kappa shape index (κ3) is 12.3. The van der Waals surface area contributed by atoms with Crippen LogP contribution >= 0.6 is 15.9 Å². The van der Waals surface area contributed by atoms with Gasteiger partial charge in [-0.3, -0.25) is 0 Å². The van der Waals surface area contributed by atoms with Crippen LogP contribution in [0.25, 0.3) is 12.2 Å². The zero-order valence-corrected chi connectivity index (χ0v) is 22.4. The van der Waals surface area contributed by atoms with Crippen LogP contribution in [-0.2, 0) is 0 Å². The summed E-state index contributed by atoms with van der Waals surface area (Å²) in [7, 11) is 0. The zero-order valence-electron chi connectivity index (χ0n) is 20.8. The number of rotatable bonds is 18. The molecule has 3 heteroatoms. The molecular weight excluding hydrogens is 472 g/mol. The average Bonchev–Trinajstić information content (AvgIpc) is 2.83. The molecule has 0 saturated carbocycles. The van der Waals surface area contributed by atoms with Gasteiger partial charge < -0.3 is 9.47 Å². The Morgan fingerprint density at radius 1 is 0.636 bits per heavy atom. The van der Waals surface area contributed by atoms with Gasteiger partial charge in [-0.05, 0) is 48.7 Å². The lowest BCUT2D eigenvalue weighted by Crippen LogP contribution is -2.01. The van der Waals surface area contributed by atoms with Crippen LogP contribution in [0.4, 0.5) is 0 Å². The van der Waals surface area contributed by atoms with Crippen LogP contribution in [0.15, 0.2) is 46.9 Å². The molecule has 33 heavy (non-hydrogen) atoms. The van der Waals surface area contributed by atoms with Gasteiger partial charge in [0.1, 0.15) is 11.5 Å². The SMILES string of the molecule is CCCCCCCCOc1ccc(OCCCCCCCC)c(/C=C/c2ccc(Br)cc2)c1. The third-order valence-corrected chi connectivity index (χ3v) is 6.36. The first-order chi connectivity index (χ1) is 16.2. The number of unbranched alkanes of at least 4 members (excludes halogenated alkanes) is 10. The normalized spacial score (nSPS) is 11.2. The van der Waals surface area contributed by atoms with E-state index in [9.17, 15) is 0 Å². The van der Waals surface area contributed by atoms with Crippen molar-refractivity contribution in [2.24, 2.45) is 0 Å². The van der Waals surface area contributed by atoms with Gasteiger partial charge in [0.05, 0.1) is 13.2 Å². The molecule has 0 N–H and O–H groups in total. The molecule has 0 atom stereocenters. The monoisotopic (exact) mass is 514 g/mol. The Balaban J connectivity index is 1.92. The second-order valence-electron chi connectivity index (χ2n) is 8.82. The Bertz CT molecular complexity index is 782. The number of hydrogen-bond acceptors (Lipinski definition) is 2. The van der Waals surface area contributed by atoms with Crippen molar-refractivity contribution in [2.75, 3.05) is 13.2 Å². The lowest BCUT2D eigenvalue weighted by molar-refractivity contribution is 0.296. The largest absolute Gasteiger partial charge is 0.494 e. The second-order valence-corrected chi connectivity index (χ2v) is 9.73. The molecule has 0 heterocycles. The maximum absolute atomic E-state index is 6.17. The standard InChI is InChI=1S/C30H43BrO2/c1-3-5-7-9-11-13-23-32-29-21-22-30(33-24-14-12-10-8-6-4-2)27(25-29)18-15-26-16-19-28(31)20-17-26/h15-22,25H,3-14,23-24H2,1-2H3/b18-15+. The van der Waals surface area contributed by atoms with Gasteiger partial charge in [0.2, 0.25) is 0 Å². The zero-order chi connectivity index (χ0) is 23.6. The summed E-state index contributed by atoms with van der Waals surface area (Å²) in [5, 5.41) is 0. The van der Waals surface area contributed by atoms with Crippen molar-refractivity contribution >= 4 is 28.1 Å². The number of ether oxygens (including phenoxy) is 2. The van der Waals surface area contributed by atoms with Crippen molar-refractivity contribution in [3.63, 3.8) is 0 Å². The van der Waals surface area contributed by atoms with E-state index < -0.39 is 0 Å². The van der Waals surface area contributed by atoms with Crippen molar-refractivity contribution < 1.29 is 9.47 Å². The highest BCUT2D eigenvalue weighted by molar-refractivity contribution is 9.10. The molecule has 2 aromatic rings. The Morgan fingerprint density at radius 2 is 1.21 bits per heavy atom. The number of benzene rings is 2. The van der Waals surface area contributed by atoms with Crippen LogP contribution in [0.3, 0.4) is 0 Å². The molecule has 2 nitrogen and oxygen atoms in total. The molecule has 0 aliphatic carbocycles. The minimum atomic E-state index is 0.767. The fraction of sp³-hybridized carbons (Fsp3) is 0.533. The van der Waals surface area contributed by atoms with Gasteiger partial charge in [-0.2, -0.15) is 0 Å². The van der Waals surface area contributed by atoms with Crippen molar-refractivity contribution in [1.29, 1.82) is 0 Å². The van der Waals surface area contributed by atoms with Gasteiger partial charge in [-0.1, -0.05) is 118 Å². The first kappa shape index (κ1) is 27.5. The van der Waals surface area contributed by atoms with Crippen LogP contribution in [0.1, 0.15) is 102 Å². The van der Waals surface area contributed by atoms with Gasteiger partial charge >= 0.3 is 0 Å². The fourth-order valence-electron chi connectivity index (χ4n) is 3.77. The van der Waals surface area contributed by atoms with Gasteiger partial charge in [0, 0.05) is 10.0 Å². The molecular formula is C30H43BrO2. The van der Waals surface area contributed by atoms with Crippen LogP contribution in [-0.4, -0.2) is 13.2 Å². The number of halogens is 1. The first-order valence-electron chi connectivity index (χ1n) is 13.1. The molecule has 0 unspecified atom stereocenters. The molecule has 0 amide bonds. The first-order valence-corrected chi connectivity index (χ1v) is 13.9. The maximum atomic E-state index is 6.17. The van der Waals surface area contributed by atoms with E-state index in [1.54, 1.807) is 0 Å². The van der Waals surface area contributed by atoms with E-state index in [1.165, 1.54) is 69.8 Å². The van der Waals surface area contributed by atoms with Gasteiger partial charge in [-0.15, -0.1) is 0 Å². The molecule has 0 saturated heterocycles. The molecule has 2 rings (SSSR count). The summed E-state index contributed by atoms with van der Waals surface area (Å²) in [6.07, 6.45) is 19.5. The molecule has 0 aromatic heterocycles. The Hall–Kier alpha value is -1.74. The topological polar surface area (TPSA) is 18.5 Å². The van der Waals surface area contributed by atoms with Crippen LogP contribution in [0, 0.1) is 0 Å². The summed E-state index contributed by atoms with van der Waals surface area (Å²) < 4.78 is 13.3. The molecule has 0 spiro atoms. The van der Waals surface area contributed by atoms with Crippen molar-refractivity contribution in [1.82, 2.24) is 0 Å². The maximum Gasteiger partial charge on any atom is 0.126 e. The third-order valence-electron chi connectivity index (χ3n) is 5.83. The van der Waals surface area contributed by atoms with E-state index in [2.05, 4.69) is 78.3 Å². The lowest BCUT2D eigenvalue weighted by atomic mass is 10.1. The average molecular weight is 516 g/mol. The predicted octanol–water partition coefficient (Wildman–Crippen LogP) is 10.1. The minimum absolute atomic E-state index is 0.767. The van der Waals surface area contributed by atoms with Gasteiger partial charge in [0.25, 0.3) is 0 Å². The summed E-state index contributed by atoms with van der Waals surface area (Å²) in [5.41, 5.74) is 2.24. The molecule has 0 bridgehead atoms. The summed E-state index contributed by atoms with van der Waals surface area (Å²) in [5.74, 6) is 1.86. The summed E-state index contributed by atoms with van der Waals surface area (Å²) in [6, 6.07) is 14.6. The Labute approximate surface area is 210 Å². The Kier molecular flexibility index (Phi) is 14.8. The van der Waals surface area contributed by atoms with Crippen LogP contribution in [0.5, 0.6) is 11.5 Å². The van der Waals surface area contributed by atoms with E-state index in [0.717, 1.165) is 47.6 Å². The summed E-state index contributed by atoms with van der Waals surface area (Å²) in [6.45, 7) is 6.06. The van der Waals surface area contributed by atoms with Crippen LogP contribution in [0.2, 0.25) is 0 Å². The van der Waals surface area contributed by atoms with E-state index in [0.29, 0.717) is 0 Å². The molecule has 0 radical (unpaired) electrons. The van der Waals surface area contributed by atoms with Crippen molar-refractivity contribution in [2.45, 2.75) is 90.9 Å². The highest BCUT2D eigenvalue weighted by Crippen LogP contribution is 2.27. The van der Waals surface area contributed by atoms with E-state index in [-0.39, 0.29) is 0 Å². The second kappa shape index (κ2) is 17.7.